The molecule has 0 spiro atoms. The van der Waals surface area contributed by atoms with Gasteiger partial charge in [-0.25, -0.2) is 0 Å². The summed E-state index contributed by atoms with van der Waals surface area (Å²) in [6.45, 7) is 0. The predicted molar refractivity (Wildman–Crippen MR) is 63.3 cm³/mol. The first-order valence-electron chi connectivity index (χ1n) is 6.41. The highest BCUT2D eigenvalue weighted by molar-refractivity contribution is 5.70. The van der Waals surface area contributed by atoms with Crippen LogP contribution in [0.5, 0.6) is 0 Å². The van der Waals surface area contributed by atoms with Gasteiger partial charge in [-0.3, -0.25) is 4.79 Å². The van der Waals surface area contributed by atoms with Gasteiger partial charge in [0.15, 0.2) is 0 Å². The fourth-order valence-electron chi connectivity index (χ4n) is 2.82. The molecule has 3 nitrogen and oxygen atoms in total. The van der Waals surface area contributed by atoms with Gasteiger partial charge >= 0.3 is 5.97 Å². The lowest BCUT2D eigenvalue weighted by molar-refractivity contribution is -0.143. The number of carboxylic acids is 1. The van der Waals surface area contributed by atoms with Crippen molar-refractivity contribution in [3.05, 3.63) is 12.2 Å². The molecular formula is C13H21NO2. The van der Waals surface area contributed by atoms with Crippen LogP contribution in [0.4, 0.5) is 0 Å². The first-order chi connectivity index (χ1) is 7.75. The van der Waals surface area contributed by atoms with Crippen LogP contribution in [-0.4, -0.2) is 23.2 Å². The maximum absolute atomic E-state index is 11.0. The van der Waals surface area contributed by atoms with Gasteiger partial charge in [-0.05, 0) is 38.5 Å². The Morgan fingerprint density at radius 2 is 2.12 bits per heavy atom. The number of carbonyl (C=O) groups is 1. The van der Waals surface area contributed by atoms with Crippen LogP contribution in [0.2, 0.25) is 0 Å². The zero-order valence-corrected chi connectivity index (χ0v) is 9.69. The van der Waals surface area contributed by atoms with Crippen LogP contribution in [0, 0.1) is 5.92 Å². The van der Waals surface area contributed by atoms with Crippen LogP contribution in [0.1, 0.15) is 44.9 Å². The Bertz CT molecular complexity index is 275. The smallest absolute Gasteiger partial charge is 0.306 e. The van der Waals surface area contributed by atoms with E-state index >= 15 is 0 Å². The second-order valence-electron chi connectivity index (χ2n) is 5.03. The fraction of sp³-hybridized carbons (Fsp3) is 0.769. The molecule has 2 aliphatic rings. The molecule has 0 aromatic heterocycles. The van der Waals surface area contributed by atoms with Gasteiger partial charge in [0.2, 0.25) is 0 Å². The van der Waals surface area contributed by atoms with Gasteiger partial charge < -0.3 is 10.4 Å². The van der Waals surface area contributed by atoms with E-state index in [0.29, 0.717) is 12.1 Å². The zero-order valence-electron chi connectivity index (χ0n) is 9.69. The molecule has 90 valence electrons. The maximum Gasteiger partial charge on any atom is 0.306 e. The van der Waals surface area contributed by atoms with Crippen molar-refractivity contribution in [2.45, 2.75) is 57.0 Å². The van der Waals surface area contributed by atoms with Crippen molar-refractivity contribution in [2.75, 3.05) is 0 Å². The minimum atomic E-state index is -0.620. The van der Waals surface area contributed by atoms with E-state index in [2.05, 4.69) is 17.5 Å². The Balaban J connectivity index is 1.82. The van der Waals surface area contributed by atoms with Gasteiger partial charge in [0, 0.05) is 12.1 Å². The lowest BCUT2D eigenvalue weighted by Gasteiger charge is -2.31. The van der Waals surface area contributed by atoms with E-state index in [0.717, 1.165) is 25.7 Å². The van der Waals surface area contributed by atoms with Gasteiger partial charge in [-0.15, -0.1) is 0 Å². The molecule has 0 aromatic carbocycles. The van der Waals surface area contributed by atoms with E-state index in [4.69, 9.17) is 5.11 Å². The predicted octanol–water partition coefficient (Wildman–Crippen LogP) is 2.33. The van der Waals surface area contributed by atoms with Crippen molar-refractivity contribution < 1.29 is 9.90 Å². The van der Waals surface area contributed by atoms with E-state index in [9.17, 15) is 4.79 Å². The largest absolute Gasteiger partial charge is 0.481 e. The Morgan fingerprint density at radius 1 is 1.25 bits per heavy atom. The van der Waals surface area contributed by atoms with Gasteiger partial charge in [0.1, 0.15) is 0 Å². The summed E-state index contributed by atoms with van der Waals surface area (Å²) in [5.41, 5.74) is 0. The topological polar surface area (TPSA) is 49.3 Å². The van der Waals surface area contributed by atoms with E-state index in [1.807, 2.05) is 0 Å². The highest BCUT2D eigenvalue weighted by atomic mass is 16.4. The molecular weight excluding hydrogens is 202 g/mol. The molecule has 2 rings (SSSR count). The minimum Gasteiger partial charge on any atom is -0.481 e. The summed E-state index contributed by atoms with van der Waals surface area (Å²) in [7, 11) is 0. The third-order valence-electron chi connectivity index (χ3n) is 3.73. The second-order valence-corrected chi connectivity index (χ2v) is 5.03. The molecule has 2 N–H and O–H groups in total. The number of aliphatic carboxylic acids is 1. The molecule has 3 heteroatoms. The number of hydrogen-bond acceptors (Lipinski definition) is 2. The highest BCUT2D eigenvalue weighted by Crippen LogP contribution is 2.25. The third-order valence-corrected chi connectivity index (χ3v) is 3.73. The molecule has 0 aromatic rings. The monoisotopic (exact) mass is 223 g/mol. The van der Waals surface area contributed by atoms with Crippen molar-refractivity contribution in [3.63, 3.8) is 0 Å². The van der Waals surface area contributed by atoms with E-state index in [1.54, 1.807) is 0 Å². The fourth-order valence-corrected chi connectivity index (χ4v) is 2.82. The SMILES string of the molecule is O=C(O)C1CCCC(NC2C=CCCC2)C1. The Labute approximate surface area is 96.9 Å². The summed E-state index contributed by atoms with van der Waals surface area (Å²) in [5.74, 6) is -0.746. The van der Waals surface area contributed by atoms with E-state index in [1.165, 1.54) is 19.3 Å². The molecule has 2 aliphatic carbocycles. The Kier molecular flexibility index (Phi) is 3.99. The van der Waals surface area contributed by atoms with Crippen molar-refractivity contribution in [3.8, 4) is 0 Å². The summed E-state index contributed by atoms with van der Waals surface area (Å²) < 4.78 is 0. The molecule has 0 heterocycles. The second kappa shape index (κ2) is 5.48. The molecule has 3 unspecified atom stereocenters. The van der Waals surface area contributed by atoms with Crippen LogP contribution in [0.3, 0.4) is 0 Å². The average Bonchev–Trinajstić information content (AvgIpc) is 2.30. The quantitative estimate of drug-likeness (QED) is 0.722. The third kappa shape index (κ3) is 3.08. The molecule has 3 atom stereocenters. The Morgan fingerprint density at radius 3 is 2.81 bits per heavy atom. The molecule has 0 amide bonds. The summed E-state index contributed by atoms with van der Waals surface area (Å²) in [6, 6.07) is 0.883. The molecule has 1 saturated carbocycles. The van der Waals surface area contributed by atoms with Crippen LogP contribution in [0.25, 0.3) is 0 Å². The number of hydrogen-bond donors (Lipinski definition) is 2. The molecule has 0 radical (unpaired) electrons. The Hall–Kier alpha value is -0.830. The van der Waals surface area contributed by atoms with Gasteiger partial charge in [0.25, 0.3) is 0 Å². The van der Waals surface area contributed by atoms with Gasteiger partial charge in [0.05, 0.1) is 5.92 Å². The number of rotatable bonds is 3. The van der Waals surface area contributed by atoms with Gasteiger partial charge in [-0.2, -0.15) is 0 Å². The van der Waals surface area contributed by atoms with Crippen molar-refractivity contribution in [1.82, 2.24) is 5.32 Å². The summed E-state index contributed by atoms with van der Waals surface area (Å²) >= 11 is 0. The first-order valence-corrected chi connectivity index (χ1v) is 6.41. The lowest BCUT2D eigenvalue weighted by Crippen LogP contribution is -2.42. The molecule has 16 heavy (non-hydrogen) atoms. The van der Waals surface area contributed by atoms with Crippen molar-refractivity contribution in [1.29, 1.82) is 0 Å². The molecule has 0 aliphatic heterocycles. The highest BCUT2D eigenvalue weighted by Gasteiger charge is 2.27. The lowest BCUT2D eigenvalue weighted by atomic mass is 9.85. The normalized spacial score (nSPS) is 34.9. The maximum atomic E-state index is 11.0. The van der Waals surface area contributed by atoms with Crippen LogP contribution >= 0.6 is 0 Å². The van der Waals surface area contributed by atoms with Crippen molar-refractivity contribution >= 4 is 5.97 Å². The minimum absolute atomic E-state index is 0.126. The summed E-state index contributed by atoms with van der Waals surface area (Å²) in [6.07, 6.45) is 12.0. The van der Waals surface area contributed by atoms with E-state index in [-0.39, 0.29) is 5.92 Å². The van der Waals surface area contributed by atoms with Crippen molar-refractivity contribution in [2.24, 2.45) is 5.92 Å². The first kappa shape index (κ1) is 11.6. The van der Waals surface area contributed by atoms with Crippen LogP contribution in [-0.2, 0) is 4.79 Å². The average molecular weight is 223 g/mol. The van der Waals surface area contributed by atoms with E-state index < -0.39 is 5.97 Å². The van der Waals surface area contributed by atoms with Crippen LogP contribution in [0.15, 0.2) is 12.2 Å². The number of allylic oxidation sites excluding steroid dienone is 1. The number of nitrogens with one attached hydrogen (secondary N) is 1. The summed E-state index contributed by atoms with van der Waals surface area (Å²) in [4.78, 5) is 11.0. The number of carboxylic acid groups (broad SMARTS) is 1. The standard InChI is InChI=1S/C13H21NO2/c15-13(16)10-5-4-8-12(9-10)14-11-6-2-1-3-7-11/h2,6,10-12,14H,1,3-5,7-9H2,(H,15,16). The molecule has 0 bridgehead atoms. The molecule has 1 fully saturated rings. The van der Waals surface area contributed by atoms with Gasteiger partial charge in [-0.1, -0.05) is 18.6 Å². The molecule has 0 saturated heterocycles. The summed E-state index contributed by atoms with van der Waals surface area (Å²) in [5, 5.41) is 12.6. The van der Waals surface area contributed by atoms with Crippen LogP contribution < -0.4 is 5.32 Å². The zero-order chi connectivity index (χ0) is 11.4.